The Bertz CT molecular complexity index is 867. The van der Waals surface area contributed by atoms with E-state index in [2.05, 4.69) is 9.19 Å². The van der Waals surface area contributed by atoms with Crippen molar-refractivity contribution in [1.82, 2.24) is 0 Å². The third-order valence-corrected chi connectivity index (χ3v) is 5.52. The van der Waals surface area contributed by atoms with Gasteiger partial charge >= 0.3 is 94.4 Å². The molecule has 1 atom stereocenters. The van der Waals surface area contributed by atoms with Crippen LogP contribution in [0.5, 0.6) is 0 Å². The molecule has 11 nitrogen and oxygen atoms in total. The van der Waals surface area contributed by atoms with Crippen LogP contribution in [0.25, 0.3) is 0 Å². The maximum absolute atomic E-state index is 11.4. The zero-order valence-electron chi connectivity index (χ0n) is 13.8. The monoisotopic (exact) mass is 442 g/mol. The van der Waals surface area contributed by atoms with E-state index in [1.54, 1.807) is 6.07 Å². The molecule has 0 saturated heterocycles. The molecule has 0 aromatic heterocycles. The number of hydrogen-bond acceptors (Lipinski definition) is 7. The van der Waals surface area contributed by atoms with Crippen LogP contribution in [-0.4, -0.2) is 45.4 Å². The van der Waals surface area contributed by atoms with Gasteiger partial charge in [0.25, 0.3) is 5.69 Å². The zero-order valence-corrected chi connectivity index (χ0v) is 15.7. The number of amides is 1. The first-order chi connectivity index (χ1) is 12.6. The molecule has 0 saturated carbocycles. The Labute approximate surface area is 155 Å². The van der Waals surface area contributed by atoms with Gasteiger partial charge in [0.2, 0.25) is 0 Å². The van der Waals surface area contributed by atoms with Crippen molar-refractivity contribution in [3.63, 3.8) is 0 Å². The number of carbonyl (C=O) groups is 2. The van der Waals surface area contributed by atoms with Crippen LogP contribution in [-0.2, 0) is 12.4 Å². The van der Waals surface area contributed by atoms with Gasteiger partial charge in [-0.25, -0.2) is 4.79 Å². The first-order valence-corrected chi connectivity index (χ1v) is 10.4. The molecule has 144 valence electrons. The van der Waals surface area contributed by atoms with Crippen molar-refractivity contribution in [3.8, 4) is 0 Å². The number of rotatable bonds is 5. The molecule has 1 unspecified atom stereocenters. The summed E-state index contributed by atoms with van der Waals surface area (Å²) in [5.74, 6) is -1.67. The predicted octanol–water partition coefficient (Wildman–Crippen LogP) is 0.996. The van der Waals surface area contributed by atoms with Crippen LogP contribution < -0.4 is 9.67 Å². The topological polar surface area (TPSA) is 176 Å². The van der Waals surface area contributed by atoms with Gasteiger partial charge in [-0.1, -0.05) is 12.1 Å². The standard InChI is InChI=1S/C8H10AsNO5.C7H5NO4/c1-6(11)10-8-5-3-2-4-7(8)9(12,13)15-14;9-7(10)5-3-1-2-4-6(5)8(11)12/h2-5,14H,1H3,(H,10,11)(H,12,13);1-4H,(H,9,10). The number of nitro groups is 1. The van der Waals surface area contributed by atoms with Gasteiger partial charge in [0.05, 0.1) is 4.92 Å². The van der Waals surface area contributed by atoms with E-state index >= 15 is 0 Å². The van der Waals surface area contributed by atoms with E-state index in [0.29, 0.717) is 0 Å². The summed E-state index contributed by atoms with van der Waals surface area (Å²) in [6, 6.07) is 11.1. The van der Waals surface area contributed by atoms with Crippen molar-refractivity contribution >= 4 is 41.8 Å². The van der Waals surface area contributed by atoms with Gasteiger partial charge in [0.1, 0.15) is 5.56 Å². The first-order valence-electron chi connectivity index (χ1n) is 7.10. The van der Waals surface area contributed by atoms with Crippen molar-refractivity contribution < 1.29 is 36.6 Å². The van der Waals surface area contributed by atoms with Crippen LogP contribution in [0.4, 0.5) is 11.4 Å². The second kappa shape index (κ2) is 9.64. The maximum atomic E-state index is 11.4. The molecule has 0 aliphatic carbocycles. The quantitative estimate of drug-likeness (QED) is 0.228. The second-order valence-electron chi connectivity index (χ2n) is 4.88. The first kappa shape index (κ1) is 22.1. The molecule has 2 aromatic carbocycles. The molecule has 2 aromatic rings. The average molecular weight is 442 g/mol. The number of hydrogen-bond donors (Lipinski definition) is 4. The molecule has 12 heteroatoms. The number of carboxylic acids is 1. The van der Waals surface area contributed by atoms with E-state index in [4.69, 9.17) is 10.4 Å². The number of nitrogens with zero attached hydrogens (tertiary/aromatic N) is 1. The minimum Gasteiger partial charge on any atom is -0.477 e. The fourth-order valence-electron chi connectivity index (χ4n) is 1.87. The van der Waals surface area contributed by atoms with E-state index in [1.807, 2.05) is 0 Å². The van der Waals surface area contributed by atoms with Crippen molar-refractivity contribution in [1.29, 1.82) is 0 Å². The van der Waals surface area contributed by atoms with Crippen molar-refractivity contribution in [2.45, 2.75) is 6.92 Å². The Morgan fingerprint density at radius 3 is 2.19 bits per heavy atom. The summed E-state index contributed by atoms with van der Waals surface area (Å²) >= 11 is -4.92. The number of para-hydroxylation sites is 2. The number of aromatic carboxylic acids is 1. The van der Waals surface area contributed by atoms with Crippen molar-refractivity contribution in [3.05, 3.63) is 64.2 Å². The number of nitrogens with one attached hydrogen (secondary N) is 1. The van der Waals surface area contributed by atoms with Crippen LogP contribution in [0.1, 0.15) is 17.3 Å². The number of anilines is 1. The molecule has 0 aliphatic heterocycles. The largest absolute Gasteiger partial charge is 0.477 e. The summed E-state index contributed by atoms with van der Waals surface area (Å²) in [6.45, 7) is 1.27. The maximum Gasteiger partial charge on any atom is 0.342 e. The van der Waals surface area contributed by atoms with E-state index in [0.717, 1.165) is 6.07 Å². The molecule has 27 heavy (non-hydrogen) atoms. The van der Waals surface area contributed by atoms with Crippen LogP contribution in [0.3, 0.4) is 0 Å². The van der Waals surface area contributed by atoms with Crippen LogP contribution in [0.15, 0.2) is 48.5 Å². The summed E-state index contributed by atoms with van der Waals surface area (Å²) in [6.07, 6.45) is 0. The van der Waals surface area contributed by atoms with Gasteiger partial charge in [-0.3, -0.25) is 10.1 Å². The molecule has 0 spiro atoms. The van der Waals surface area contributed by atoms with Gasteiger partial charge < -0.3 is 5.11 Å². The SMILES string of the molecule is CC(=O)Nc1ccccc1[As](=O)(O)OO.O=C(O)c1ccccc1[N+](=O)[O-]. The summed E-state index contributed by atoms with van der Waals surface area (Å²) < 4.78 is 24.1. The van der Waals surface area contributed by atoms with Gasteiger partial charge in [0.15, 0.2) is 0 Å². The van der Waals surface area contributed by atoms with E-state index < -0.39 is 25.1 Å². The summed E-state index contributed by atoms with van der Waals surface area (Å²) in [7, 11) is 0. The summed E-state index contributed by atoms with van der Waals surface area (Å²) in [5, 5.41) is 29.5. The molecule has 0 heterocycles. The number of carboxylic acid groups (broad SMARTS) is 1. The van der Waals surface area contributed by atoms with Gasteiger partial charge in [-0.15, -0.1) is 0 Å². The number of carbonyl (C=O) groups excluding carboxylic acids is 1. The molecule has 0 bridgehead atoms. The Hall–Kier alpha value is -2.98. The fourth-order valence-corrected chi connectivity index (χ4v) is 3.55. The molecular formula is C15H15AsN2O9. The Balaban J connectivity index is 0.000000277. The molecule has 4 N–H and O–H groups in total. The Morgan fingerprint density at radius 1 is 1.15 bits per heavy atom. The van der Waals surface area contributed by atoms with Crippen LogP contribution in [0.2, 0.25) is 0 Å². The van der Waals surface area contributed by atoms with Gasteiger partial charge in [-0.2, -0.15) is 0 Å². The molecule has 1 amide bonds. The van der Waals surface area contributed by atoms with E-state index in [9.17, 15) is 27.5 Å². The van der Waals surface area contributed by atoms with Crippen LogP contribution in [0, 0.1) is 10.1 Å². The predicted molar refractivity (Wildman–Crippen MR) is 92.8 cm³/mol. The minimum atomic E-state index is -4.92. The number of benzene rings is 2. The molecule has 0 radical (unpaired) electrons. The zero-order chi connectivity index (χ0) is 20.6. The molecule has 0 aliphatic rings. The van der Waals surface area contributed by atoms with Crippen LogP contribution >= 0.6 is 0 Å². The normalized spacial score (nSPS) is 12.1. The molecule has 2 rings (SSSR count). The summed E-state index contributed by atoms with van der Waals surface area (Å²) in [4.78, 5) is 30.8. The second-order valence-corrected chi connectivity index (χ2v) is 8.42. The number of nitro benzene ring substituents is 1. The van der Waals surface area contributed by atoms with E-state index in [1.165, 1.54) is 43.3 Å². The minimum absolute atomic E-state index is 0.103. The third kappa shape index (κ3) is 6.35. The Morgan fingerprint density at radius 2 is 1.70 bits per heavy atom. The van der Waals surface area contributed by atoms with Gasteiger partial charge in [-0.05, 0) is 6.07 Å². The van der Waals surface area contributed by atoms with E-state index in [-0.39, 0.29) is 27.2 Å². The fraction of sp³-hybridized carbons (Fsp3) is 0.0667. The molecule has 0 fully saturated rings. The average Bonchev–Trinajstić information content (AvgIpc) is 2.62. The third-order valence-electron chi connectivity index (χ3n) is 2.96. The van der Waals surface area contributed by atoms with Gasteiger partial charge in [0, 0.05) is 6.07 Å². The van der Waals surface area contributed by atoms with Crippen molar-refractivity contribution in [2.24, 2.45) is 0 Å². The smallest absolute Gasteiger partial charge is 0.342 e. The Kier molecular flexibility index (Phi) is 7.88. The molecular weight excluding hydrogens is 427 g/mol. The van der Waals surface area contributed by atoms with Crippen molar-refractivity contribution in [2.75, 3.05) is 5.32 Å². The summed E-state index contributed by atoms with van der Waals surface area (Å²) in [5.41, 5.74) is -0.517.